The van der Waals surface area contributed by atoms with Crippen molar-refractivity contribution in [3.63, 3.8) is 0 Å². The van der Waals surface area contributed by atoms with Crippen molar-refractivity contribution in [2.75, 3.05) is 0 Å². The van der Waals surface area contributed by atoms with Crippen LogP contribution in [0.25, 0.3) is 0 Å². The summed E-state index contributed by atoms with van der Waals surface area (Å²) in [4.78, 5) is 4.71. The zero-order chi connectivity index (χ0) is 16.1. The average Bonchev–Trinajstić information content (AvgIpc) is 2.35. The summed E-state index contributed by atoms with van der Waals surface area (Å²) in [5.74, 6) is 0. The lowest BCUT2D eigenvalue weighted by Crippen LogP contribution is -2.44. The molecular formula is C18H34N2. The van der Waals surface area contributed by atoms with Crippen LogP contribution < -0.4 is 5.73 Å². The minimum atomic E-state index is -0.344. The van der Waals surface area contributed by atoms with Gasteiger partial charge in [0.05, 0.1) is 5.54 Å². The fourth-order valence-corrected chi connectivity index (χ4v) is 1.73. The highest BCUT2D eigenvalue weighted by molar-refractivity contribution is 5.91. The second-order valence-electron chi connectivity index (χ2n) is 7.12. The quantitative estimate of drug-likeness (QED) is 0.501. The van der Waals surface area contributed by atoms with Gasteiger partial charge in [-0.1, -0.05) is 39.3 Å². The molecule has 0 aromatic carbocycles. The lowest BCUT2D eigenvalue weighted by atomic mass is 9.79. The van der Waals surface area contributed by atoms with E-state index in [2.05, 4.69) is 41.2 Å². The summed E-state index contributed by atoms with van der Waals surface area (Å²) in [5.41, 5.74) is 10.7. The third-order valence-corrected chi connectivity index (χ3v) is 4.62. The molecule has 2 heteroatoms. The molecule has 0 aromatic heterocycles. The van der Waals surface area contributed by atoms with Gasteiger partial charge in [-0.25, -0.2) is 0 Å². The monoisotopic (exact) mass is 278 g/mol. The number of nitrogens with two attached hydrogens (primary N) is 1. The first-order valence-corrected chi connectivity index (χ1v) is 7.61. The molecule has 0 bridgehead atoms. The number of hydrogen-bond acceptors (Lipinski definition) is 2. The summed E-state index contributed by atoms with van der Waals surface area (Å²) in [5, 5.41) is 0. The van der Waals surface area contributed by atoms with Crippen LogP contribution in [0.1, 0.15) is 74.7 Å². The molecular weight excluding hydrogens is 244 g/mol. The van der Waals surface area contributed by atoms with Gasteiger partial charge < -0.3 is 5.73 Å². The molecule has 0 aromatic rings. The average molecular weight is 278 g/mol. The van der Waals surface area contributed by atoms with Crippen LogP contribution in [0.5, 0.6) is 0 Å². The predicted octanol–water partition coefficient (Wildman–Crippen LogP) is 5.25. The van der Waals surface area contributed by atoms with Crippen molar-refractivity contribution < 1.29 is 0 Å². The molecule has 1 unspecified atom stereocenters. The maximum atomic E-state index is 6.47. The Hall–Kier alpha value is -0.890. The Balaban J connectivity index is 5.03. The Bertz CT molecular complexity index is 409. The van der Waals surface area contributed by atoms with E-state index >= 15 is 0 Å². The summed E-state index contributed by atoms with van der Waals surface area (Å²) < 4.78 is 0. The third kappa shape index (κ3) is 6.04. The maximum Gasteiger partial charge on any atom is 0.0512 e. The molecule has 0 amide bonds. The lowest BCUT2D eigenvalue weighted by molar-refractivity contribution is 0.293. The Morgan fingerprint density at radius 3 is 1.95 bits per heavy atom. The number of hydrogen-bond donors (Lipinski definition) is 1. The zero-order valence-electron chi connectivity index (χ0n) is 14.9. The van der Waals surface area contributed by atoms with Crippen molar-refractivity contribution >= 4 is 5.71 Å². The van der Waals surface area contributed by atoms with Crippen molar-refractivity contribution in [3.05, 3.63) is 23.4 Å². The molecule has 0 aliphatic rings. The Morgan fingerprint density at radius 1 is 1.05 bits per heavy atom. The summed E-state index contributed by atoms with van der Waals surface area (Å²) in [6.45, 7) is 21.0. The smallest absolute Gasteiger partial charge is 0.0512 e. The Morgan fingerprint density at radius 2 is 1.55 bits per heavy atom. The summed E-state index contributed by atoms with van der Waals surface area (Å²) in [7, 11) is 0. The fraction of sp³-hybridized carbons (Fsp3) is 0.722. The lowest BCUT2D eigenvalue weighted by Gasteiger charge is -2.30. The minimum Gasteiger partial charge on any atom is -0.321 e. The highest BCUT2D eigenvalue weighted by Crippen LogP contribution is 2.29. The highest BCUT2D eigenvalue weighted by Gasteiger charge is 2.26. The van der Waals surface area contributed by atoms with Crippen molar-refractivity contribution in [2.24, 2.45) is 16.1 Å². The predicted molar refractivity (Wildman–Crippen MR) is 92.2 cm³/mol. The molecule has 0 aliphatic carbocycles. The van der Waals surface area contributed by atoms with Gasteiger partial charge in [-0.05, 0) is 58.4 Å². The molecule has 116 valence electrons. The van der Waals surface area contributed by atoms with E-state index < -0.39 is 0 Å². The van der Waals surface area contributed by atoms with E-state index in [0.717, 1.165) is 35.4 Å². The van der Waals surface area contributed by atoms with Crippen molar-refractivity contribution in [1.29, 1.82) is 0 Å². The molecule has 2 N–H and O–H groups in total. The van der Waals surface area contributed by atoms with Crippen LogP contribution in [0, 0.1) is 5.41 Å². The van der Waals surface area contributed by atoms with Gasteiger partial charge in [0, 0.05) is 11.4 Å². The molecule has 0 saturated carbocycles. The summed E-state index contributed by atoms with van der Waals surface area (Å²) >= 11 is 0. The van der Waals surface area contributed by atoms with E-state index in [4.69, 9.17) is 10.7 Å². The molecule has 0 heterocycles. The first-order chi connectivity index (χ1) is 8.93. The van der Waals surface area contributed by atoms with Crippen LogP contribution in [0.15, 0.2) is 28.4 Å². The van der Waals surface area contributed by atoms with Crippen LogP contribution in [-0.4, -0.2) is 11.3 Å². The first kappa shape index (κ1) is 19.1. The van der Waals surface area contributed by atoms with Gasteiger partial charge in [0.25, 0.3) is 0 Å². The van der Waals surface area contributed by atoms with Gasteiger partial charge in [-0.15, -0.1) is 0 Å². The number of aliphatic imine (C=N–C) groups is 1. The van der Waals surface area contributed by atoms with E-state index in [-0.39, 0.29) is 5.54 Å². The molecule has 0 saturated heterocycles. The van der Waals surface area contributed by atoms with Gasteiger partial charge in [0.1, 0.15) is 0 Å². The molecule has 0 rings (SSSR count). The fourth-order valence-electron chi connectivity index (χ4n) is 1.73. The SMILES string of the molecule is C=C(C)/C(C)=C(\C)N=C(C)C(C)(N)CCC(C)(C)CC. The molecule has 2 nitrogen and oxygen atoms in total. The largest absolute Gasteiger partial charge is 0.321 e. The molecule has 20 heavy (non-hydrogen) atoms. The van der Waals surface area contributed by atoms with Crippen LogP contribution >= 0.6 is 0 Å². The second-order valence-corrected chi connectivity index (χ2v) is 7.12. The summed E-state index contributed by atoms with van der Waals surface area (Å²) in [6, 6.07) is 0. The van der Waals surface area contributed by atoms with Gasteiger partial charge in [0.2, 0.25) is 0 Å². The molecule has 1 atom stereocenters. The van der Waals surface area contributed by atoms with Gasteiger partial charge in [-0.2, -0.15) is 0 Å². The van der Waals surface area contributed by atoms with Gasteiger partial charge in [-0.3, -0.25) is 4.99 Å². The van der Waals surface area contributed by atoms with Crippen LogP contribution in [0.4, 0.5) is 0 Å². The zero-order valence-corrected chi connectivity index (χ0v) is 14.9. The Kier molecular flexibility index (Phi) is 6.89. The Labute approximate surface area is 126 Å². The summed E-state index contributed by atoms with van der Waals surface area (Å²) in [6.07, 6.45) is 3.25. The molecule has 0 aliphatic heterocycles. The number of allylic oxidation sites excluding steroid dienone is 3. The van der Waals surface area contributed by atoms with Crippen molar-refractivity contribution in [2.45, 2.75) is 80.2 Å². The van der Waals surface area contributed by atoms with E-state index in [1.807, 2.05) is 20.8 Å². The van der Waals surface area contributed by atoms with Crippen LogP contribution in [0.3, 0.4) is 0 Å². The van der Waals surface area contributed by atoms with Crippen molar-refractivity contribution in [1.82, 2.24) is 0 Å². The van der Waals surface area contributed by atoms with E-state index in [9.17, 15) is 0 Å². The number of nitrogens with zero attached hydrogens (tertiary/aromatic N) is 1. The van der Waals surface area contributed by atoms with Crippen LogP contribution in [-0.2, 0) is 0 Å². The minimum absolute atomic E-state index is 0.344. The van der Waals surface area contributed by atoms with Gasteiger partial charge >= 0.3 is 0 Å². The van der Waals surface area contributed by atoms with E-state index in [1.54, 1.807) is 0 Å². The standard InChI is InChI=1S/C18H34N2/c1-10-17(7,8)11-12-18(9,19)16(6)20-15(5)14(4)13(2)3/h2,10-12,19H2,1,3-9H3/b15-14+,20-16?. The molecule has 0 fully saturated rings. The topological polar surface area (TPSA) is 38.4 Å². The first-order valence-electron chi connectivity index (χ1n) is 7.61. The van der Waals surface area contributed by atoms with Crippen LogP contribution in [0.2, 0.25) is 0 Å². The normalized spacial score (nSPS) is 17.6. The number of rotatable bonds is 7. The third-order valence-electron chi connectivity index (χ3n) is 4.62. The van der Waals surface area contributed by atoms with E-state index in [1.165, 1.54) is 6.42 Å². The molecule has 0 spiro atoms. The van der Waals surface area contributed by atoms with Gasteiger partial charge in [0.15, 0.2) is 0 Å². The molecule has 0 radical (unpaired) electrons. The second kappa shape index (κ2) is 7.21. The highest BCUT2D eigenvalue weighted by atomic mass is 14.8. The van der Waals surface area contributed by atoms with E-state index in [0.29, 0.717) is 5.41 Å². The van der Waals surface area contributed by atoms with Crippen molar-refractivity contribution in [3.8, 4) is 0 Å². The maximum absolute atomic E-state index is 6.47.